The van der Waals surface area contributed by atoms with Crippen LogP contribution in [0.15, 0.2) is 114 Å². The van der Waals surface area contributed by atoms with Crippen molar-refractivity contribution in [1.29, 1.82) is 0 Å². The van der Waals surface area contributed by atoms with E-state index >= 15 is 0 Å². The van der Waals surface area contributed by atoms with E-state index in [2.05, 4.69) is 21.2 Å². The molecule has 4 aromatic carbocycles. The SMILES string of the molecule is O=C(Nc1ccccc1Oc1ccccc1)c1cc(-c2cccc(Br)c2)nc2ccccc12. The Kier molecular flexibility index (Phi) is 5.87. The van der Waals surface area contributed by atoms with Gasteiger partial charge < -0.3 is 10.1 Å². The molecule has 0 bridgehead atoms. The molecule has 0 saturated heterocycles. The van der Waals surface area contributed by atoms with E-state index in [1.807, 2.05) is 109 Å². The van der Waals surface area contributed by atoms with Gasteiger partial charge >= 0.3 is 0 Å². The third-order valence-electron chi connectivity index (χ3n) is 5.19. The summed E-state index contributed by atoms with van der Waals surface area (Å²) in [7, 11) is 0. The number of carbonyl (C=O) groups excluding carboxylic acids is 1. The normalized spacial score (nSPS) is 10.7. The zero-order valence-electron chi connectivity index (χ0n) is 17.5. The predicted octanol–water partition coefficient (Wildman–Crippen LogP) is 7.71. The van der Waals surface area contributed by atoms with Crippen molar-refractivity contribution in [1.82, 2.24) is 4.98 Å². The highest BCUT2D eigenvalue weighted by Gasteiger charge is 2.16. The molecule has 5 aromatic rings. The summed E-state index contributed by atoms with van der Waals surface area (Å²) < 4.78 is 6.96. The minimum atomic E-state index is -0.228. The highest BCUT2D eigenvalue weighted by molar-refractivity contribution is 9.10. The van der Waals surface area contributed by atoms with Gasteiger partial charge in [-0.1, -0.05) is 76.6 Å². The highest BCUT2D eigenvalue weighted by atomic mass is 79.9. The van der Waals surface area contributed by atoms with Crippen molar-refractivity contribution in [3.63, 3.8) is 0 Å². The molecule has 160 valence electrons. The number of para-hydroxylation sites is 4. The second-order valence-corrected chi connectivity index (χ2v) is 8.36. The maximum Gasteiger partial charge on any atom is 0.256 e. The molecule has 0 radical (unpaired) electrons. The number of nitrogens with zero attached hydrogens (tertiary/aromatic N) is 1. The minimum absolute atomic E-state index is 0.228. The molecule has 0 aliphatic heterocycles. The van der Waals surface area contributed by atoms with Gasteiger partial charge in [-0.25, -0.2) is 4.98 Å². The first-order valence-electron chi connectivity index (χ1n) is 10.5. The molecular weight excluding hydrogens is 476 g/mol. The van der Waals surface area contributed by atoms with Crippen LogP contribution in [0.2, 0.25) is 0 Å². The lowest BCUT2D eigenvalue weighted by molar-refractivity contribution is 0.102. The second-order valence-electron chi connectivity index (χ2n) is 7.45. The average molecular weight is 495 g/mol. The number of aromatic nitrogens is 1. The molecule has 0 atom stereocenters. The van der Waals surface area contributed by atoms with Crippen LogP contribution in [0.3, 0.4) is 0 Å². The Morgan fingerprint density at radius 1 is 0.788 bits per heavy atom. The fourth-order valence-corrected chi connectivity index (χ4v) is 4.02. The smallest absolute Gasteiger partial charge is 0.256 e. The predicted molar refractivity (Wildman–Crippen MR) is 136 cm³/mol. The van der Waals surface area contributed by atoms with Crippen molar-refractivity contribution < 1.29 is 9.53 Å². The van der Waals surface area contributed by atoms with E-state index in [1.165, 1.54) is 0 Å². The van der Waals surface area contributed by atoms with Gasteiger partial charge in [0.05, 0.1) is 22.5 Å². The van der Waals surface area contributed by atoms with Crippen LogP contribution in [0.5, 0.6) is 11.5 Å². The third-order valence-corrected chi connectivity index (χ3v) is 5.68. The van der Waals surface area contributed by atoms with E-state index in [1.54, 1.807) is 0 Å². The van der Waals surface area contributed by atoms with Crippen LogP contribution in [-0.2, 0) is 0 Å². The van der Waals surface area contributed by atoms with Gasteiger partial charge in [-0.15, -0.1) is 0 Å². The Bertz CT molecular complexity index is 1450. The molecule has 0 aliphatic carbocycles. The van der Waals surface area contributed by atoms with Gasteiger partial charge in [-0.2, -0.15) is 0 Å². The zero-order chi connectivity index (χ0) is 22.6. The van der Waals surface area contributed by atoms with Crippen molar-refractivity contribution in [2.75, 3.05) is 5.32 Å². The molecule has 0 spiro atoms. The van der Waals surface area contributed by atoms with Gasteiger partial charge in [0.25, 0.3) is 5.91 Å². The molecule has 1 amide bonds. The molecule has 1 heterocycles. The first kappa shape index (κ1) is 20.9. The van der Waals surface area contributed by atoms with Crippen molar-refractivity contribution in [3.8, 4) is 22.8 Å². The van der Waals surface area contributed by atoms with Gasteiger partial charge in [-0.3, -0.25) is 4.79 Å². The van der Waals surface area contributed by atoms with Crippen molar-refractivity contribution >= 4 is 38.4 Å². The summed E-state index contributed by atoms with van der Waals surface area (Å²) in [5, 5.41) is 3.82. The molecule has 0 saturated carbocycles. The third kappa shape index (κ3) is 4.64. The molecule has 1 N–H and O–H groups in total. The number of nitrogens with one attached hydrogen (secondary N) is 1. The molecule has 4 nitrogen and oxygen atoms in total. The molecule has 0 fully saturated rings. The minimum Gasteiger partial charge on any atom is -0.455 e. The summed E-state index contributed by atoms with van der Waals surface area (Å²) >= 11 is 3.52. The van der Waals surface area contributed by atoms with Crippen LogP contribution in [0.25, 0.3) is 22.2 Å². The van der Waals surface area contributed by atoms with Gasteiger partial charge in [-0.05, 0) is 48.5 Å². The summed E-state index contributed by atoms with van der Waals surface area (Å²) in [6.07, 6.45) is 0. The largest absolute Gasteiger partial charge is 0.455 e. The number of hydrogen-bond donors (Lipinski definition) is 1. The number of anilines is 1. The van der Waals surface area contributed by atoms with E-state index in [9.17, 15) is 4.79 Å². The number of rotatable bonds is 5. The van der Waals surface area contributed by atoms with Crippen LogP contribution in [0, 0.1) is 0 Å². The van der Waals surface area contributed by atoms with Crippen molar-refractivity contribution in [2.45, 2.75) is 0 Å². The molecule has 5 rings (SSSR count). The molecule has 33 heavy (non-hydrogen) atoms. The summed E-state index contributed by atoms with van der Waals surface area (Å²) in [5.41, 5.74) is 3.56. The first-order valence-corrected chi connectivity index (χ1v) is 11.3. The van der Waals surface area contributed by atoms with E-state index in [4.69, 9.17) is 9.72 Å². The number of hydrogen-bond acceptors (Lipinski definition) is 3. The monoisotopic (exact) mass is 494 g/mol. The quantitative estimate of drug-likeness (QED) is 0.272. The van der Waals surface area contributed by atoms with Crippen LogP contribution >= 0.6 is 15.9 Å². The maximum atomic E-state index is 13.5. The summed E-state index contributed by atoms with van der Waals surface area (Å²) in [5.74, 6) is 1.04. The number of carbonyl (C=O) groups is 1. The standard InChI is InChI=1S/C28H19BrN2O2/c29-20-10-8-9-19(17-20)26-18-23(22-13-4-5-14-24(22)30-26)28(32)31-25-15-6-7-16-27(25)33-21-11-2-1-3-12-21/h1-18H,(H,31,32). The summed E-state index contributed by atoms with van der Waals surface area (Å²) in [6, 6.07) is 34.3. The molecule has 0 aliphatic rings. The van der Waals surface area contributed by atoms with Gasteiger partial charge in [0.15, 0.2) is 5.75 Å². The highest BCUT2D eigenvalue weighted by Crippen LogP contribution is 2.31. The topological polar surface area (TPSA) is 51.2 Å². The molecule has 0 unspecified atom stereocenters. The average Bonchev–Trinajstić information content (AvgIpc) is 2.85. The maximum absolute atomic E-state index is 13.5. The lowest BCUT2D eigenvalue weighted by Gasteiger charge is -2.14. The van der Waals surface area contributed by atoms with Crippen molar-refractivity contribution in [2.24, 2.45) is 0 Å². The number of ether oxygens (including phenoxy) is 1. The zero-order valence-corrected chi connectivity index (χ0v) is 19.1. The Balaban J connectivity index is 1.53. The molecule has 5 heteroatoms. The molecular formula is C28H19BrN2O2. The lowest BCUT2D eigenvalue weighted by atomic mass is 10.0. The van der Waals surface area contributed by atoms with Crippen LogP contribution in [0.1, 0.15) is 10.4 Å². The first-order chi connectivity index (χ1) is 16.2. The molecule has 1 aromatic heterocycles. The van der Waals surface area contributed by atoms with E-state index in [-0.39, 0.29) is 5.91 Å². The van der Waals surface area contributed by atoms with Gasteiger partial charge in [0.1, 0.15) is 5.75 Å². The van der Waals surface area contributed by atoms with E-state index < -0.39 is 0 Å². The number of halogens is 1. The summed E-state index contributed by atoms with van der Waals surface area (Å²) in [4.78, 5) is 18.3. The number of amides is 1. The Labute approximate surface area is 200 Å². The number of benzene rings is 4. The van der Waals surface area contributed by atoms with Gasteiger partial charge in [0, 0.05) is 15.4 Å². The Morgan fingerprint density at radius 3 is 2.39 bits per heavy atom. The summed E-state index contributed by atoms with van der Waals surface area (Å²) in [6.45, 7) is 0. The number of pyridine rings is 1. The van der Waals surface area contributed by atoms with Crippen LogP contribution < -0.4 is 10.1 Å². The Hall–Kier alpha value is -3.96. The lowest BCUT2D eigenvalue weighted by Crippen LogP contribution is -2.13. The fraction of sp³-hybridized carbons (Fsp3) is 0. The Morgan fingerprint density at radius 2 is 1.55 bits per heavy atom. The van der Waals surface area contributed by atoms with Crippen molar-refractivity contribution in [3.05, 3.63) is 119 Å². The van der Waals surface area contributed by atoms with E-state index in [0.29, 0.717) is 22.7 Å². The second kappa shape index (κ2) is 9.27. The van der Waals surface area contributed by atoms with Gasteiger partial charge in [0.2, 0.25) is 0 Å². The fourth-order valence-electron chi connectivity index (χ4n) is 3.62. The number of fused-ring (bicyclic) bond motifs is 1. The van der Waals surface area contributed by atoms with E-state index in [0.717, 1.165) is 26.6 Å². The van der Waals surface area contributed by atoms with Crippen LogP contribution in [0.4, 0.5) is 5.69 Å². The van der Waals surface area contributed by atoms with Crippen LogP contribution in [-0.4, -0.2) is 10.9 Å².